The van der Waals surface area contributed by atoms with Crippen molar-refractivity contribution in [3.8, 4) is 22.8 Å². The Morgan fingerprint density at radius 3 is 2.83 bits per heavy atom. The predicted molar refractivity (Wildman–Crippen MR) is 70.9 cm³/mol. The molecule has 0 aliphatic carbocycles. The minimum Gasteiger partial charge on any atom is -0.463 e. The van der Waals surface area contributed by atoms with E-state index in [0.29, 0.717) is 0 Å². The first-order valence-electron chi connectivity index (χ1n) is 5.70. The van der Waals surface area contributed by atoms with Gasteiger partial charge in [-0.2, -0.15) is 0 Å². The smallest absolute Gasteiger partial charge is 0.154 e. The molecule has 0 saturated carbocycles. The Balaban J connectivity index is 2.08. The Hall–Kier alpha value is -2.49. The summed E-state index contributed by atoms with van der Waals surface area (Å²) in [6.07, 6.45) is 1.64. The zero-order chi connectivity index (χ0) is 12.5. The number of nitrogens with two attached hydrogens (primary N) is 1. The van der Waals surface area contributed by atoms with E-state index < -0.39 is 0 Å². The van der Waals surface area contributed by atoms with Crippen LogP contribution in [0.15, 0.2) is 47.1 Å². The van der Waals surface area contributed by atoms with E-state index in [2.05, 4.69) is 9.97 Å². The minimum atomic E-state index is 0.723. The molecule has 90 valence electrons. The van der Waals surface area contributed by atoms with Gasteiger partial charge in [0.2, 0.25) is 0 Å². The van der Waals surface area contributed by atoms with Crippen molar-refractivity contribution in [2.45, 2.75) is 6.92 Å². The van der Waals surface area contributed by atoms with E-state index in [1.807, 2.05) is 43.3 Å². The van der Waals surface area contributed by atoms with Gasteiger partial charge in [0.25, 0.3) is 0 Å². The summed E-state index contributed by atoms with van der Waals surface area (Å²) >= 11 is 0. The summed E-state index contributed by atoms with van der Waals surface area (Å²) in [4.78, 5) is 7.81. The normalized spacial score (nSPS) is 10.7. The number of benzene rings is 1. The zero-order valence-electron chi connectivity index (χ0n) is 9.97. The van der Waals surface area contributed by atoms with Gasteiger partial charge >= 0.3 is 0 Å². The highest BCUT2D eigenvalue weighted by molar-refractivity contribution is 5.66. The van der Waals surface area contributed by atoms with E-state index in [1.165, 1.54) is 0 Å². The molecule has 0 saturated heterocycles. The van der Waals surface area contributed by atoms with Crippen LogP contribution in [0, 0.1) is 6.92 Å². The van der Waals surface area contributed by atoms with E-state index in [9.17, 15) is 0 Å². The molecule has 0 aliphatic rings. The molecule has 2 heterocycles. The first kappa shape index (κ1) is 10.7. The largest absolute Gasteiger partial charge is 0.463 e. The predicted octanol–water partition coefficient (Wildman–Crippen LogP) is 3.23. The van der Waals surface area contributed by atoms with E-state index in [1.54, 1.807) is 6.26 Å². The molecule has 2 aromatic heterocycles. The number of hydrogen-bond acceptors (Lipinski definition) is 3. The molecule has 4 nitrogen and oxygen atoms in total. The molecule has 0 radical (unpaired) electrons. The fourth-order valence-electron chi connectivity index (χ4n) is 1.94. The fourth-order valence-corrected chi connectivity index (χ4v) is 1.94. The molecule has 0 atom stereocenters. The van der Waals surface area contributed by atoms with E-state index in [4.69, 9.17) is 10.2 Å². The van der Waals surface area contributed by atoms with Crippen molar-refractivity contribution >= 4 is 5.69 Å². The Kier molecular flexibility index (Phi) is 2.41. The van der Waals surface area contributed by atoms with E-state index in [-0.39, 0.29) is 0 Å². The molecule has 0 unspecified atom stereocenters. The number of hydrogen-bond donors (Lipinski definition) is 2. The van der Waals surface area contributed by atoms with Gasteiger partial charge in [0.05, 0.1) is 6.26 Å². The van der Waals surface area contributed by atoms with Crippen LogP contribution in [0.25, 0.3) is 22.8 Å². The number of nitrogen functional groups attached to an aromatic ring is 1. The molecular weight excluding hydrogens is 226 g/mol. The van der Waals surface area contributed by atoms with Gasteiger partial charge in [-0.15, -0.1) is 0 Å². The number of H-pyrrole nitrogens is 1. The Labute approximate surface area is 104 Å². The molecule has 0 spiro atoms. The third-order valence-electron chi connectivity index (χ3n) is 2.80. The maximum atomic E-state index is 5.78. The maximum Gasteiger partial charge on any atom is 0.154 e. The van der Waals surface area contributed by atoms with Crippen molar-refractivity contribution in [2.75, 3.05) is 5.73 Å². The number of imidazole rings is 1. The number of furan rings is 1. The minimum absolute atomic E-state index is 0.723. The number of nitrogens with zero attached hydrogens (tertiary/aromatic N) is 1. The number of aromatic amines is 1. The molecule has 1 aromatic carbocycles. The molecular formula is C14H13N3O. The van der Waals surface area contributed by atoms with Gasteiger partial charge in [-0.05, 0) is 31.2 Å². The second kappa shape index (κ2) is 4.07. The van der Waals surface area contributed by atoms with Crippen LogP contribution in [-0.2, 0) is 0 Å². The standard InChI is InChI=1S/C14H13N3O/c1-9-13(12-6-3-7-18-12)17-14(16-9)10-4-2-5-11(15)8-10/h2-8H,15H2,1H3,(H,16,17). The van der Waals surface area contributed by atoms with Crippen LogP contribution in [0.4, 0.5) is 5.69 Å². The molecule has 3 rings (SSSR count). The van der Waals surface area contributed by atoms with Crippen LogP contribution in [0.3, 0.4) is 0 Å². The molecule has 0 amide bonds. The van der Waals surface area contributed by atoms with Crippen molar-refractivity contribution in [2.24, 2.45) is 0 Å². The maximum absolute atomic E-state index is 5.78. The highest BCUT2D eigenvalue weighted by Gasteiger charge is 2.12. The van der Waals surface area contributed by atoms with Crippen LogP contribution < -0.4 is 5.73 Å². The second-order valence-electron chi connectivity index (χ2n) is 4.16. The summed E-state index contributed by atoms with van der Waals surface area (Å²) in [5, 5.41) is 0. The second-order valence-corrected chi connectivity index (χ2v) is 4.16. The van der Waals surface area contributed by atoms with Crippen molar-refractivity contribution in [1.82, 2.24) is 9.97 Å². The third-order valence-corrected chi connectivity index (χ3v) is 2.80. The third kappa shape index (κ3) is 1.78. The van der Waals surface area contributed by atoms with Gasteiger partial charge in [-0.25, -0.2) is 4.98 Å². The lowest BCUT2D eigenvalue weighted by molar-refractivity contribution is 0.580. The van der Waals surface area contributed by atoms with Crippen LogP contribution in [0.1, 0.15) is 5.69 Å². The van der Waals surface area contributed by atoms with Gasteiger partial charge in [-0.3, -0.25) is 0 Å². The number of rotatable bonds is 2. The van der Waals surface area contributed by atoms with Crippen LogP contribution >= 0.6 is 0 Å². The molecule has 0 fully saturated rings. The quantitative estimate of drug-likeness (QED) is 0.674. The van der Waals surface area contributed by atoms with Crippen LogP contribution in [-0.4, -0.2) is 9.97 Å². The average molecular weight is 239 g/mol. The molecule has 0 aliphatic heterocycles. The molecule has 3 N–H and O–H groups in total. The number of aryl methyl sites for hydroxylation is 1. The summed E-state index contributed by atoms with van der Waals surface area (Å²) in [5.41, 5.74) is 9.27. The summed E-state index contributed by atoms with van der Waals surface area (Å²) in [6, 6.07) is 11.4. The van der Waals surface area contributed by atoms with Crippen LogP contribution in [0.2, 0.25) is 0 Å². The Morgan fingerprint density at radius 2 is 2.11 bits per heavy atom. The number of nitrogens with one attached hydrogen (secondary N) is 1. The van der Waals surface area contributed by atoms with Crippen LogP contribution in [0.5, 0.6) is 0 Å². The van der Waals surface area contributed by atoms with E-state index >= 15 is 0 Å². The summed E-state index contributed by atoms with van der Waals surface area (Å²) in [5.74, 6) is 1.56. The first-order chi connectivity index (χ1) is 8.74. The highest BCUT2D eigenvalue weighted by atomic mass is 16.3. The van der Waals surface area contributed by atoms with Crippen molar-refractivity contribution < 1.29 is 4.42 Å². The summed E-state index contributed by atoms with van der Waals surface area (Å²) < 4.78 is 5.37. The lowest BCUT2D eigenvalue weighted by Gasteiger charge is -1.97. The molecule has 4 heteroatoms. The van der Waals surface area contributed by atoms with Gasteiger partial charge in [0, 0.05) is 16.9 Å². The van der Waals surface area contributed by atoms with E-state index in [0.717, 1.165) is 34.2 Å². The number of anilines is 1. The first-order valence-corrected chi connectivity index (χ1v) is 5.70. The lowest BCUT2D eigenvalue weighted by atomic mass is 10.2. The number of aromatic nitrogens is 2. The fraction of sp³-hybridized carbons (Fsp3) is 0.0714. The van der Waals surface area contributed by atoms with Gasteiger partial charge in [-0.1, -0.05) is 12.1 Å². The Morgan fingerprint density at radius 1 is 1.22 bits per heavy atom. The molecule has 18 heavy (non-hydrogen) atoms. The van der Waals surface area contributed by atoms with Crippen molar-refractivity contribution in [3.05, 3.63) is 48.4 Å². The topological polar surface area (TPSA) is 67.8 Å². The van der Waals surface area contributed by atoms with Crippen molar-refractivity contribution in [1.29, 1.82) is 0 Å². The van der Waals surface area contributed by atoms with Gasteiger partial charge < -0.3 is 15.1 Å². The zero-order valence-corrected chi connectivity index (χ0v) is 9.97. The SMILES string of the molecule is Cc1[nH]c(-c2cccc(N)c2)nc1-c1ccco1. The lowest BCUT2D eigenvalue weighted by Crippen LogP contribution is -1.86. The summed E-state index contributed by atoms with van der Waals surface area (Å²) in [6.45, 7) is 1.97. The van der Waals surface area contributed by atoms with Gasteiger partial charge in [0.15, 0.2) is 5.76 Å². The highest BCUT2D eigenvalue weighted by Crippen LogP contribution is 2.26. The Bertz CT molecular complexity index is 668. The molecule has 3 aromatic rings. The van der Waals surface area contributed by atoms with Crippen molar-refractivity contribution in [3.63, 3.8) is 0 Å². The molecule has 0 bridgehead atoms. The summed E-state index contributed by atoms with van der Waals surface area (Å²) in [7, 11) is 0. The van der Waals surface area contributed by atoms with Gasteiger partial charge in [0.1, 0.15) is 11.5 Å². The average Bonchev–Trinajstić information content (AvgIpc) is 2.97. The monoisotopic (exact) mass is 239 g/mol.